The molecule has 2 saturated heterocycles. The number of piperazine rings is 1. The minimum absolute atomic E-state index is 0.0307. The molecule has 2 atom stereocenters. The zero-order valence-corrected chi connectivity index (χ0v) is 12.8. The van der Waals surface area contributed by atoms with Crippen LogP contribution in [0.4, 0.5) is 0 Å². The van der Waals surface area contributed by atoms with Crippen LogP contribution in [0.15, 0.2) is 0 Å². The van der Waals surface area contributed by atoms with Crippen molar-refractivity contribution in [1.29, 1.82) is 0 Å². The minimum Gasteiger partial charge on any atom is -0.342 e. The zero-order chi connectivity index (χ0) is 13.9. The van der Waals surface area contributed by atoms with E-state index in [2.05, 4.69) is 5.32 Å². The monoisotopic (exact) mass is 296 g/mol. The van der Waals surface area contributed by atoms with E-state index in [4.69, 9.17) is 0 Å². The van der Waals surface area contributed by atoms with Crippen LogP contribution >= 0.6 is 11.8 Å². The van der Waals surface area contributed by atoms with E-state index in [0.717, 1.165) is 19.4 Å². The van der Waals surface area contributed by atoms with Crippen molar-refractivity contribution in [3.63, 3.8) is 0 Å². The van der Waals surface area contributed by atoms with Gasteiger partial charge in [0.15, 0.2) is 0 Å². The molecule has 0 spiro atoms. The number of hydrogen-bond acceptors (Lipinski definition) is 3. The van der Waals surface area contributed by atoms with Gasteiger partial charge in [0.1, 0.15) is 6.04 Å². The number of carbonyl (C=O) groups is 2. The third-order valence-electron chi connectivity index (χ3n) is 4.80. The van der Waals surface area contributed by atoms with Gasteiger partial charge in [-0.1, -0.05) is 19.3 Å². The first kappa shape index (κ1) is 14.2. The molecule has 4 nitrogen and oxygen atoms in total. The topological polar surface area (TPSA) is 49.4 Å². The molecule has 1 N–H and O–H groups in total. The minimum atomic E-state index is -0.247. The number of nitrogens with zero attached hydrogens (tertiary/aromatic N) is 1. The Balaban J connectivity index is 1.64. The summed E-state index contributed by atoms with van der Waals surface area (Å²) in [6.07, 6.45) is 8.27. The van der Waals surface area contributed by atoms with Gasteiger partial charge in [0.2, 0.25) is 11.8 Å². The van der Waals surface area contributed by atoms with E-state index in [9.17, 15) is 9.59 Å². The van der Waals surface area contributed by atoms with Crippen molar-refractivity contribution in [3.05, 3.63) is 0 Å². The van der Waals surface area contributed by atoms with Crippen LogP contribution in [0.5, 0.6) is 0 Å². The first-order chi connectivity index (χ1) is 9.74. The van der Waals surface area contributed by atoms with E-state index in [1.54, 1.807) is 0 Å². The molecule has 3 fully saturated rings. The Morgan fingerprint density at radius 2 is 1.90 bits per heavy atom. The predicted octanol–water partition coefficient (Wildman–Crippen LogP) is 1.79. The Kier molecular flexibility index (Phi) is 4.54. The van der Waals surface area contributed by atoms with Crippen LogP contribution in [0.3, 0.4) is 0 Å². The molecular weight excluding hydrogens is 272 g/mol. The van der Waals surface area contributed by atoms with E-state index in [0.29, 0.717) is 11.2 Å². The van der Waals surface area contributed by atoms with Crippen molar-refractivity contribution < 1.29 is 9.59 Å². The molecule has 112 valence electrons. The fourth-order valence-electron chi connectivity index (χ4n) is 3.70. The van der Waals surface area contributed by atoms with Crippen LogP contribution in [-0.4, -0.2) is 46.8 Å². The van der Waals surface area contributed by atoms with Crippen molar-refractivity contribution in [2.75, 3.05) is 18.8 Å². The molecule has 20 heavy (non-hydrogen) atoms. The summed E-state index contributed by atoms with van der Waals surface area (Å²) in [4.78, 5) is 26.4. The number of rotatable bonds is 3. The number of carbonyl (C=O) groups excluding carboxylic acids is 2. The van der Waals surface area contributed by atoms with Gasteiger partial charge in [-0.15, -0.1) is 0 Å². The lowest BCUT2D eigenvalue weighted by molar-refractivity contribution is -0.146. The first-order valence-electron chi connectivity index (χ1n) is 7.94. The number of hydrogen-bond donors (Lipinski definition) is 1. The maximum atomic E-state index is 12.7. The molecule has 0 bridgehead atoms. The maximum absolute atomic E-state index is 12.7. The fraction of sp³-hybridized carbons (Fsp3) is 0.867. The maximum Gasteiger partial charge on any atom is 0.245 e. The molecule has 2 amide bonds. The van der Waals surface area contributed by atoms with Crippen LogP contribution in [0, 0.1) is 5.92 Å². The van der Waals surface area contributed by atoms with Gasteiger partial charge < -0.3 is 10.2 Å². The Morgan fingerprint density at radius 3 is 2.60 bits per heavy atom. The number of nitrogens with one attached hydrogen (secondary N) is 1. The summed E-state index contributed by atoms with van der Waals surface area (Å²) in [5.41, 5.74) is 0. The largest absolute Gasteiger partial charge is 0.342 e. The molecule has 3 aliphatic rings. The highest BCUT2D eigenvalue weighted by molar-refractivity contribution is 8.00. The second kappa shape index (κ2) is 6.37. The van der Waals surface area contributed by atoms with E-state index < -0.39 is 0 Å². The van der Waals surface area contributed by atoms with Crippen LogP contribution < -0.4 is 5.32 Å². The van der Waals surface area contributed by atoms with Crippen molar-refractivity contribution in [2.24, 2.45) is 5.92 Å². The highest BCUT2D eigenvalue weighted by atomic mass is 32.2. The zero-order valence-electron chi connectivity index (χ0n) is 12.0. The lowest BCUT2D eigenvalue weighted by atomic mass is 9.82. The second-order valence-electron chi connectivity index (χ2n) is 6.30. The van der Waals surface area contributed by atoms with Gasteiger partial charge in [-0.25, -0.2) is 0 Å². The summed E-state index contributed by atoms with van der Waals surface area (Å²) in [6.45, 7) is 1.03. The molecule has 1 aliphatic carbocycles. The molecule has 2 heterocycles. The molecule has 3 rings (SSSR count). The summed E-state index contributed by atoms with van der Waals surface area (Å²) in [7, 11) is 0. The smallest absolute Gasteiger partial charge is 0.245 e. The van der Waals surface area contributed by atoms with Gasteiger partial charge >= 0.3 is 0 Å². The Labute approximate surface area is 125 Å². The molecule has 0 aromatic carbocycles. The fourth-order valence-corrected chi connectivity index (χ4v) is 4.99. The molecule has 2 unspecified atom stereocenters. The third kappa shape index (κ3) is 3.13. The Hall–Kier alpha value is -0.710. The molecule has 5 heteroatoms. The first-order valence-corrected chi connectivity index (χ1v) is 8.98. The quantitative estimate of drug-likeness (QED) is 0.864. The molecular formula is C15H24N2O2S. The Bertz CT molecular complexity index is 376. The lowest BCUT2D eigenvalue weighted by Gasteiger charge is -2.38. The van der Waals surface area contributed by atoms with E-state index in [1.165, 1.54) is 37.9 Å². The van der Waals surface area contributed by atoms with E-state index >= 15 is 0 Å². The highest BCUT2D eigenvalue weighted by Gasteiger charge is 2.38. The van der Waals surface area contributed by atoms with Crippen molar-refractivity contribution in [2.45, 2.75) is 56.2 Å². The average molecular weight is 296 g/mol. The standard InChI is InChI=1S/C15H24N2O2S/c18-13-10-17(9-12-7-4-8-20-12)15(19)14(16-13)11-5-2-1-3-6-11/h11-12,14H,1-10H2,(H,16,18). The summed E-state index contributed by atoms with van der Waals surface area (Å²) < 4.78 is 0. The predicted molar refractivity (Wildman–Crippen MR) is 80.6 cm³/mol. The highest BCUT2D eigenvalue weighted by Crippen LogP contribution is 2.30. The van der Waals surface area contributed by atoms with Gasteiger partial charge in [0, 0.05) is 11.8 Å². The SMILES string of the molecule is O=C1CN(CC2CCCS2)C(=O)C(C2CCCCC2)N1. The Morgan fingerprint density at radius 1 is 1.10 bits per heavy atom. The van der Waals surface area contributed by atoms with Gasteiger partial charge in [-0.2, -0.15) is 11.8 Å². The summed E-state index contributed by atoms with van der Waals surface area (Å²) in [5, 5.41) is 3.49. The van der Waals surface area contributed by atoms with Crippen LogP contribution in [-0.2, 0) is 9.59 Å². The van der Waals surface area contributed by atoms with Crippen molar-refractivity contribution in [1.82, 2.24) is 10.2 Å². The summed E-state index contributed by atoms with van der Waals surface area (Å²) >= 11 is 1.95. The van der Waals surface area contributed by atoms with Crippen LogP contribution in [0.2, 0.25) is 0 Å². The molecule has 0 aromatic rings. The molecule has 0 aromatic heterocycles. The molecule has 2 aliphatic heterocycles. The normalized spacial score (nSPS) is 32.5. The number of amides is 2. The van der Waals surface area contributed by atoms with Crippen LogP contribution in [0.25, 0.3) is 0 Å². The van der Waals surface area contributed by atoms with Gasteiger partial charge in [0.25, 0.3) is 0 Å². The van der Waals surface area contributed by atoms with E-state index in [1.807, 2.05) is 16.7 Å². The second-order valence-corrected chi connectivity index (χ2v) is 7.71. The summed E-state index contributed by atoms with van der Waals surface area (Å²) in [6, 6.07) is -0.247. The van der Waals surface area contributed by atoms with Crippen molar-refractivity contribution >= 4 is 23.6 Å². The average Bonchev–Trinajstić information content (AvgIpc) is 2.96. The van der Waals surface area contributed by atoms with Crippen molar-refractivity contribution in [3.8, 4) is 0 Å². The van der Waals surface area contributed by atoms with Gasteiger partial charge in [-0.05, 0) is 37.4 Å². The number of thioether (sulfide) groups is 1. The third-order valence-corrected chi connectivity index (χ3v) is 6.18. The van der Waals surface area contributed by atoms with E-state index in [-0.39, 0.29) is 24.4 Å². The van der Waals surface area contributed by atoms with Gasteiger partial charge in [0.05, 0.1) is 6.54 Å². The molecule has 0 radical (unpaired) electrons. The summed E-state index contributed by atoms with van der Waals surface area (Å²) in [5.74, 6) is 1.76. The molecule has 1 saturated carbocycles. The lowest BCUT2D eigenvalue weighted by Crippen LogP contribution is -2.61. The van der Waals surface area contributed by atoms with Crippen LogP contribution in [0.1, 0.15) is 44.9 Å². The van der Waals surface area contributed by atoms with Gasteiger partial charge in [-0.3, -0.25) is 9.59 Å².